The molecule has 0 fully saturated rings. The van der Waals surface area contributed by atoms with E-state index in [9.17, 15) is 4.79 Å². The molecule has 3 rings (SSSR count). The molecule has 3 aromatic rings. The molecule has 0 aromatic heterocycles. The monoisotopic (exact) mass is 686 g/mol. The van der Waals surface area contributed by atoms with Crippen LogP contribution in [0, 0.1) is 13.8 Å². The van der Waals surface area contributed by atoms with E-state index < -0.39 is 5.97 Å². The molecule has 0 spiro atoms. The highest BCUT2D eigenvalue weighted by Crippen LogP contribution is 2.32. The summed E-state index contributed by atoms with van der Waals surface area (Å²) in [5.41, 5.74) is 4.91. The highest BCUT2D eigenvalue weighted by Gasteiger charge is 2.18. The number of benzene rings is 3. The van der Waals surface area contributed by atoms with Crippen molar-refractivity contribution in [2.45, 2.75) is 162 Å². The van der Waals surface area contributed by atoms with Crippen LogP contribution in [0.1, 0.15) is 158 Å². The second-order valence-corrected chi connectivity index (χ2v) is 15.4. The lowest BCUT2D eigenvalue weighted by Crippen LogP contribution is -2.38. The van der Waals surface area contributed by atoms with Crippen LogP contribution in [0.4, 0.5) is 0 Å². The second kappa shape index (κ2) is 23.2. The first-order valence-electron chi connectivity index (χ1n) is 19.6. The third-order valence-corrected chi connectivity index (χ3v) is 9.54. The summed E-state index contributed by atoms with van der Waals surface area (Å²) < 4.78 is 12.7. The number of aliphatic carboxylic acids is 1. The summed E-state index contributed by atoms with van der Waals surface area (Å²) in [5, 5.41) is 12.5. The molecule has 0 amide bonds. The number of hydrogen-bond acceptors (Lipinski definition) is 4. The predicted octanol–water partition coefficient (Wildman–Crippen LogP) is 12.9. The molecule has 0 saturated carbocycles. The van der Waals surface area contributed by atoms with Gasteiger partial charge in [-0.05, 0) is 95.3 Å². The Bertz CT molecular complexity index is 1340. The Labute approximate surface area is 304 Å². The van der Waals surface area contributed by atoms with Gasteiger partial charge in [0.15, 0.2) is 0 Å². The minimum absolute atomic E-state index is 0.0629. The van der Waals surface area contributed by atoms with Gasteiger partial charge in [0.05, 0.1) is 0 Å². The van der Waals surface area contributed by atoms with Crippen molar-refractivity contribution in [3.05, 3.63) is 89.0 Å². The van der Waals surface area contributed by atoms with Gasteiger partial charge in [-0.2, -0.15) is 0 Å². The summed E-state index contributed by atoms with van der Waals surface area (Å²) in [4.78, 5) is 10.6. The zero-order valence-electron chi connectivity index (χ0n) is 32.0. The van der Waals surface area contributed by atoms with Gasteiger partial charge in [0, 0.05) is 24.1 Å². The van der Waals surface area contributed by atoms with Crippen molar-refractivity contribution >= 4 is 5.97 Å². The fourth-order valence-corrected chi connectivity index (χ4v) is 6.38. The summed E-state index contributed by atoms with van der Waals surface area (Å²) in [6.07, 6.45) is 20.4. The fourth-order valence-electron chi connectivity index (χ4n) is 6.38. The molecule has 0 aliphatic carbocycles. The van der Waals surface area contributed by atoms with Crippen LogP contribution in [0.3, 0.4) is 0 Å². The van der Waals surface area contributed by atoms with Crippen molar-refractivity contribution in [3.8, 4) is 17.2 Å². The first kappa shape index (κ1) is 41.1. The molecule has 0 saturated heterocycles. The van der Waals surface area contributed by atoms with E-state index in [1.54, 1.807) is 0 Å². The Hall–Kier alpha value is -3.31. The molecule has 5 nitrogen and oxygen atoms in total. The quantitative estimate of drug-likeness (QED) is 0.0823. The number of carboxylic acid groups (broad SMARTS) is 1. The van der Waals surface area contributed by atoms with E-state index >= 15 is 0 Å². The van der Waals surface area contributed by atoms with E-state index in [-0.39, 0.29) is 5.54 Å². The average Bonchev–Trinajstić information content (AvgIpc) is 3.08. The fraction of sp³-hybridized carbons (Fsp3) is 0.578. The van der Waals surface area contributed by atoms with Crippen LogP contribution in [0.25, 0.3) is 0 Å². The molecule has 1 atom stereocenters. The topological polar surface area (TPSA) is 67.8 Å². The highest BCUT2D eigenvalue weighted by molar-refractivity contribution is 5.66. The Balaban J connectivity index is 1.46. The van der Waals surface area contributed by atoms with Crippen molar-refractivity contribution in [1.29, 1.82) is 0 Å². The summed E-state index contributed by atoms with van der Waals surface area (Å²) in [6.45, 7) is 12.3. The predicted molar refractivity (Wildman–Crippen MR) is 210 cm³/mol. The maximum Gasteiger partial charge on any atom is 0.303 e. The average molecular weight is 686 g/mol. The lowest BCUT2D eigenvalue weighted by molar-refractivity contribution is -0.137. The Morgan fingerprint density at radius 3 is 1.64 bits per heavy atom. The minimum Gasteiger partial charge on any atom is -0.489 e. The van der Waals surface area contributed by atoms with Gasteiger partial charge in [-0.15, -0.1) is 0 Å². The van der Waals surface area contributed by atoms with Crippen molar-refractivity contribution in [2.24, 2.45) is 0 Å². The Morgan fingerprint density at radius 2 is 1.14 bits per heavy atom. The van der Waals surface area contributed by atoms with Crippen molar-refractivity contribution in [1.82, 2.24) is 5.32 Å². The lowest BCUT2D eigenvalue weighted by Gasteiger charge is -2.26. The Kier molecular flexibility index (Phi) is 19.1. The SMILES string of the molecule is Cc1ccc(OCc2cc(C(CCCCCCCCCCCCCCCCCC(=O)O)CNC(C)(C)C)ccc2Oc2ccc(C)cc2)cc1. The van der Waals surface area contributed by atoms with Gasteiger partial charge in [-0.1, -0.05) is 131 Å². The maximum absolute atomic E-state index is 10.6. The minimum atomic E-state index is -0.666. The molecule has 5 heteroatoms. The molecule has 0 bridgehead atoms. The van der Waals surface area contributed by atoms with Crippen LogP contribution in [-0.2, 0) is 11.4 Å². The van der Waals surface area contributed by atoms with Crippen LogP contribution in [0.5, 0.6) is 17.2 Å². The number of carboxylic acids is 1. The van der Waals surface area contributed by atoms with Gasteiger partial charge in [0.25, 0.3) is 0 Å². The number of unbranched alkanes of at least 4 members (excludes halogenated alkanes) is 14. The first-order valence-corrected chi connectivity index (χ1v) is 19.6. The smallest absolute Gasteiger partial charge is 0.303 e. The third-order valence-electron chi connectivity index (χ3n) is 9.54. The molecule has 2 N–H and O–H groups in total. The van der Waals surface area contributed by atoms with Crippen LogP contribution in [0.2, 0.25) is 0 Å². The molecule has 0 aliphatic heterocycles. The van der Waals surface area contributed by atoms with Crippen LogP contribution >= 0.6 is 0 Å². The lowest BCUT2D eigenvalue weighted by atomic mass is 9.90. The molecule has 0 radical (unpaired) electrons. The van der Waals surface area contributed by atoms with Crippen molar-refractivity contribution in [3.63, 3.8) is 0 Å². The highest BCUT2D eigenvalue weighted by atomic mass is 16.5. The van der Waals surface area contributed by atoms with Crippen molar-refractivity contribution in [2.75, 3.05) is 6.54 Å². The zero-order valence-corrected chi connectivity index (χ0v) is 32.0. The molecular formula is C45H67NO4. The summed E-state index contributed by atoms with van der Waals surface area (Å²) in [7, 11) is 0. The molecule has 3 aromatic carbocycles. The number of carbonyl (C=O) groups is 1. The van der Waals surface area contributed by atoms with E-state index in [4.69, 9.17) is 14.6 Å². The number of ether oxygens (including phenoxy) is 2. The second-order valence-electron chi connectivity index (χ2n) is 15.4. The van der Waals surface area contributed by atoms with E-state index in [2.05, 4.69) is 82.4 Å². The molecule has 50 heavy (non-hydrogen) atoms. The van der Waals surface area contributed by atoms with Crippen LogP contribution < -0.4 is 14.8 Å². The van der Waals surface area contributed by atoms with Gasteiger partial charge < -0.3 is 19.9 Å². The zero-order chi connectivity index (χ0) is 36.0. The van der Waals surface area contributed by atoms with Gasteiger partial charge in [-0.25, -0.2) is 0 Å². The first-order chi connectivity index (χ1) is 24.1. The molecule has 276 valence electrons. The maximum atomic E-state index is 10.6. The van der Waals surface area contributed by atoms with Crippen molar-refractivity contribution < 1.29 is 19.4 Å². The third kappa shape index (κ3) is 18.1. The van der Waals surface area contributed by atoms with E-state index in [0.29, 0.717) is 18.9 Å². The summed E-state index contributed by atoms with van der Waals surface area (Å²) >= 11 is 0. The van der Waals surface area contributed by atoms with E-state index in [1.165, 1.54) is 107 Å². The van der Waals surface area contributed by atoms with E-state index in [1.807, 2.05) is 24.3 Å². The van der Waals surface area contributed by atoms with Gasteiger partial charge in [0.1, 0.15) is 23.9 Å². The summed E-state index contributed by atoms with van der Waals surface area (Å²) in [6, 6.07) is 23.2. The molecular weight excluding hydrogens is 618 g/mol. The number of rotatable bonds is 26. The van der Waals surface area contributed by atoms with Crippen LogP contribution in [0.15, 0.2) is 66.7 Å². The molecule has 0 aliphatic rings. The molecule has 1 unspecified atom stereocenters. The number of aryl methyl sites for hydroxylation is 2. The number of nitrogens with one attached hydrogen (secondary N) is 1. The summed E-state index contributed by atoms with van der Waals surface area (Å²) in [5.74, 6) is 2.30. The van der Waals surface area contributed by atoms with E-state index in [0.717, 1.165) is 42.2 Å². The molecule has 0 heterocycles. The normalized spacial score (nSPS) is 12.2. The largest absolute Gasteiger partial charge is 0.489 e. The van der Waals surface area contributed by atoms with Crippen LogP contribution in [-0.4, -0.2) is 23.2 Å². The number of hydrogen-bond donors (Lipinski definition) is 2. The van der Waals surface area contributed by atoms with Gasteiger partial charge in [-0.3, -0.25) is 4.79 Å². The Morgan fingerprint density at radius 1 is 0.660 bits per heavy atom. The standard InChI is InChI=1S/C45H67NO4/c1-36-23-28-41(29-24-36)49-35-40-33-38(27-32-43(40)50-42-30-25-37(2)26-31-42)39(34-46-45(3,4)5)21-19-17-15-13-11-9-7-6-8-10-12-14-16-18-20-22-44(47)48/h23-33,39,46H,6-22,34-35H2,1-5H3,(H,47,48). The van der Waals surface area contributed by atoms with Gasteiger partial charge in [0.2, 0.25) is 0 Å². The van der Waals surface area contributed by atoms with Gasteiger partial charge >= 0.3 is 5.97 Å².